The number of nitrogens with one attached hydrogen (secondary N) is 1. The number of fused-ring (bicyclic) bond motifs is 1. The molecular formula is C12H15NO2. The summed E-state index contributed by atoms with van der Waals surface area (Å²) in [6, 6.07) is 7.33. The zero-order valence-electron chi connectivity index (χ0n) is 9.04. The van der Waals surface area contributed by atoms with Crippen LogP contribution >= 0.6 is 0 Å². The molecule has 1 aliphatic heterocycles. The van der Waals surface area contributed by atoms with E-state index in [2.05, 4.69) is 12.2 Å². The second kappa shape index (κ2) is 3.57. The highest BCUT2D eigenvalue weighted by Gasteiger charge is 2.34. The molecule has 1 aromatic rings. The van der Waals surface area contributed by atoms with Crippen LogP contribution in [0.25, 0.3) is 0 Å². The van der Waals surface area contributed by atoms with Gasteiger partial charge in [0.15, 0.2) is 5.72 Å². The van der Waals surface area contributed by atoms with Crippen molar-refractivity contribution in [2.45, 2.75) is 32.4 Å². The molecule has 1 aromatic carbocycles. The molecule has 0 bridgehead atoms. The maximum absolute atomic E-state index is 11.8. The third-order valence-corrected chi connectivity index (χ3v) is 2.57. The minimum atomic E-state index is -0.555. The second-order valence-electron chi connectivity index (χ2n) is 4.03. The molecule has 3 nitrogen and oxygen atoms in total. The smallest absolute Gasteiger partial charge is 0.258 e. The number of benzene rings is 1. The van der Waals surface area contributed by atoms with Crippen molar-refractivity contribution >= 4 is 5.91 Å². The number of rotatable bonds is 2. The van der Waals surface area contributed by atoms with Gasteiger partial charge in [0.05, 0.1) is 5.56 Å². The van der Waals surface area contributed by atoms with Crippen LogP contribution < -0.4 is 10.1 Å². The van der Waals surface area contributed by atoms with Crippen LogP contribution in [-0.2, 0) is 0 Å². The van der Waals surface area contributed by atoms with Crippen LogP contribution in [0.2, 0.25) is 0 Å². The van der Waals surface area contributed by atoms with E-state index in [-0.39, 0.29) is 5.91 Å². The highest BCUT2D eigenvalue weighted by molar-refractivity contribution is 5.98. The fourth-order valence-electron chi connectivity index (χ4n) is 1.91. The summed E-state index contributed by atoms with van der Waals surface area (Å²) in [5.41, 5.74) is 0.0614. The predicted molar refractivity (Wildman–Crippen MR) is 57.8 cm³/mol. The molecule has 0 aromatic heterocycles. The fraction of sp³-hybridized carbons (Fsp3) is 0.417. The Hall–Kier alpha value is -1.51. The van der Waals surface area contributed by atoms with Crippen molar-refractivity contribution in [3.8, 4) is 5.75 Å². The highest BCUT2D eigenvalue weighted by atomic mass is 16.5. The summed E-state index contributed by atoms with van der Waals surface area (Å²) in [7, 11) is 0. The highest BCUT2D eigenvalue weighted by Crippen LogP contribution is 2.29. The summed E-state index contributed by atoms with van der Waals surface area (Å²) in [5.74, 6) is 0.630. The van der Waals surface area contributed by atoms with Gasteiger partial charge < -0.3 is 10.1 Å². The summed E-state index contributed by atoms with van der Waals surface area (Å²) in [5, 5.41) is 2.89. The Balaban J connectivity index is 2.34. The Morgan fingerprint density at radius 1 is 1.40 bits per heavy atom. The van der Waals surface area contributed by atoms with Gasteiger partial charge in [-0.15, -0.1) is 0 Å². The molecule has 0 saturated carbocycles. The van der Waals surface area contributed by atoms with Crippen molar-refractivity contribution in [2.24, 2.45) is 0 Å². The molecule has 0 aliphatic carbocycles. The molecule has 1 N–H and O–H groups in total. The first-order valence-corrected chi connectivity index (χ1v) is 5.25. The molecule has 1 heterocycles. The van der Waals surface area contributed by atoms with E-state index in [1.165, 1.54) is 0 Å². The third-order valence-electron chi connectivity index (χ3n) is 2.57. The van der Waals surface area contributed by atoms with E-state index in [4.69, 9.17) is 4.74 Å². The zero-order chi connectivity index (χ0) is 10.9. The molecular weight excluding hydrogens is 190 g/mol. The van der Waals surface area contributed by atoms with Gasteiger partial charge in [-0.05, 0) is 19.1 Å². The number of carbonyl (C=O) groups is 1. The molecule has 2 rings (SSSR count). The second-order valence-corrected chi connectivity index (χ2v) is 4.03. The molecule has 0 unspecified atom stereocenters. The lowest BCUT2D eigenvalue weighted by Gasteiger charge is -2.36. The Morgan fingerprint density at radius 3 is 2.87 bits per heavy atom. The monoisotopic (exact) mass is 205 g/mol. The van der Waals surface area contributed by atoms with E-state index in [1.807, 2.05) is 25.1 Å². The Kier molecular flexibility index (Phi) is 2.39. The Labute approximate surface area is 89.4 Å². The van der Waals surface area contributed by atoms with Crippen molar-refractivity contribution in [1.82, 2.24) is 5.32 Å². The van der Waals surface area contributed by atoms with Gasteiger partial charge in [0, 0.05) is 6.42 Å². The standard InChI is InChI=1S/C12H15NO2/c1-3-8-12(2)13-11(14)9-6-4-5-7-10(9)15-12/h4-7H,3,8H2,1-2H3,(H,13,14)/t12-/m0/s1. The predicted octanol–water partition coefficient (Wildman–Crippen LogP) is 2.33. The first kappa shape index (κ1) is 10.0. The van der Waals surface area contributed by atoms with E-state index >= 15 is 0 Å². The first-order valence-electron chi connectivity index (χ1n) is 5.25. The minimum Gasteiger partial charge on any atom is -0.468 e. The number of hydrogen-bond acceptors (Lipinski definition) is 2. The Morgan fingerprint density at radius 2 is 2.13 bits per heavy atom. The molecule has 15 heavy (non-hydrogen) atoms. The number of para-hydroxylation sites is 1. The quantitative estimate of drug-likeness (QED) is 0.804. The van der Waals surface area contributed by atoms with E-state index in [9.17, 15) is 4.79 Å². The summed E-state index contributed by atoms with van der Waals surface area (Å²) in [6.07, 6.45) is 1.78. The van der Waals surface area contributed by atoms with Crippen LogP contribution in [0.15, 0.2) is 24.3 Å². The SMILES string of the molecule is CCC[C@@]1(C)NC(=O)c2ccccc2O1. The van der Waals surface area contributed by atoms with Crippen LogP contribution in [0, 0.1) is 0 Å². The molecule has 1 aliphatic rings. The molecule has 0 radical (unpaired) electrons. The first-order chi connectivity index (χ1) is 7.14. The van der Waals surface area contributed by atoms with Crippen molar-refractivity contribution < 1.29 is 9.53 Å². The number of hydrogen-bond donors (Lipinski definition) is 1. The van der Waals surface area contributed by atoms with E-state index in [1.54, 1.807) is 6.07 Å². The van der Waals surface area contributed by atoms with Crippen molar-refractivity contribution in [3.05, 3.63) is 29.8 Å². The summed E-state index contributed by atoms with van der Waals surface area (Å²) in [4.78, 5) is 11.8. The average Bonchev–Trinajstić information content (AvgIpc) is 2.17. The largest absolute Gasteiger partial charge is 0.468 e. The molecule has 3 heteroatoms. The molecule has 1 atom stereocenters. The van der Waals surface area contributed by atoms with Gasteiger partial charge >= 0.3 is 0 Å². The van der Waals surface area contributed by atoms with Gasteiger partial charge in [0.2, 0.25) is 0 Å². The molecule has 0 saturated heterocycles. The summed E-state index contributed by atoms with van der Waals surface area (Å²) < 4.78 is 5.80. The van der Waals surface area contributed by atoms with E-state index in [0.29, 0.717) is 11.3 Å². The van der Waals surface area contributed by atoms with Gasteiger partial charge in [0.25, 0.3) is 5.91 Å². The van der Waals surface area contributed by atoms with Gasteiger partial charge in [-0.3, -0.25) is 4.79 Å². The zero-order valence-corrected chi connectivity index (χ0v) is 9.04. The van der Waals surface area contributed by atoms with Crippen LogP contribution in [0.1, 0.15) is 37.0 Å². The van der Waals surface area contributed by atoms with E-state index in [0.717, 1.165) is 12.8 Å². The third kappa shape index (κ3) is 1.82. The van der Waals surface area contributed by atoms with Crippen molar-refractivity contribution in [1.29, 1.82) is 0 Å². The Bertz CT molecular complexity index is 389. The maximum Gasteiger partial charge on any atom is 0.258 e. The fourth-order valence-corrected chi connectivity index (χ4v) is 1.91. The van der Waals surface area contributed by atoms with Gasteiger partial charge in [-0.2, -0.15) is 0 Å². The number of carbonyl (C=O) groups excluding carboxylic acids is 1. The molecule has 0 fully saturated rings. The molecule has 1 amide bonds. The normalized spacial score (nSPS) is 24.0. The van der Waals surface area contributed by atoms with Gasteiger partial charge in [-0.25, -0.2) is 0 Å². The molecule has 0 spiro atoms. The maximum atomic E-state index is 11.8. The lowest BCUT2D eigenvalue weighted by molar-refractivity contribution is 0.0253. The molecule has 80 valence electrons. The van der Waals surface area contributed by atoms with Crippen LogP contribution in [0.5, 0.6) is 5.75 Å². The van der Waals surface area contributed by atoms with Crippen LogP contribution in [0.4, 0.5) is 0 Å². The minimum absolute atomic E-state index is 0.0483. The van der Waals surface area contributed by atoms with Crippen molar-refractivity contribution in [3.63, 3.8) is 0 Å². The number of ether oxygens (including phenoxy) is 1. The lowest BCUT2D eigenvalue weighted by Crippen LogP contribution is -2.53. The average molecular weight is 205 g/mol. The van der Waals surface area contributed by atoms with Crippen molar-refractivity contribution in [2.75, 3.05) is 0 Å². The topological polar surface area (TPSA) is 38.3 Å². The van der Waals surface area contributed by atoms with Gasteiger partial charge in [0.1, 0.15) is 5.75 Å². The van der Waals surface area contributed by atoms with E-state index < -0.39 is 5.72 Å². The van der Waals surface area contributed by atoms with Crippen LogP contribution in [-0.4, -0.2) is 11.6 Å². The summed E-state index contributed by atoms with van der Waals surface area (Å²) >= 11 is 0. The summed E-state index contributed by atoms with van der Waals surface area (Å²) in [6.45, 7) is 3.98. The number of amides is 1. The van der Waals surface area contributed by atoms with Crippen LogP contribution in [0.3, 0.4) is 0 Å². The van der Waals surface area contributed by atoms with Gasteiger partial charge in [-0.1, -0.05) is 25.5 Å². The lowest BCUT2D eigenvalue weighted by atomic mass is 10.0.